The summed E-state index contributed by atoms with van der Waals surface area (Å²) in [5.74, 6) is 0. The average Bonchev–Trinajstić information content (AvgIpc) is 2.46. The van der Waals surface area contributed by atoms with E-state index in [2.05, 4.69) is 0 Å². The summed E-state index contributed by atoms with van der Waals surface area (Å²) < 4.78 is 0. The van der Waals surface area contributed by atoms with E-state index in [0.717, 1.165) is 24.0 Å². The third kappa shape index (κ3) is 4.34. The summed E-state index contributed by atoms with van der Waals surface area (Å²) in [6.07, 6.45) is 19.3. The highest BCUT2D eigenvalue weighted by molar-refractivity contribution is 7.59. The van der Waals surface area contributed by atoms with Gasteiger partial charge in [0.05, 0.1) is 0 Å². The van der Waals surface area contributed by atoms with Gasteiger partial charge in [-0.3, -0.25) is 0 Å². The maximum atomic E-state index is 10.5. The van der Waals surface area contributed by atoms with Crippen LogP contribution in [0.2, 0.25) is 0 Å². The lowest BCUT2D eigenvalue weighted by Crippen LogP contribution is -2.22. The predicted molar refractivity (Wildman–Crippen MR) is 80.8 cm³/mol. The van der Waals surface area contributed by atoms with Crippen LogP contribution in [0.1, 0.15) is 77.0 Å². The molecule has 2 rings (SSSR count). The molecule has 0 saturated heterocycles. The van der Waals surface area contributed by atoms with Gasteiger partial charge in [0.2, 0.25) is 0 Å². The van der Waals surface area contributed by atoms with Gasteiger partial charge < -0.3 is 4.79 Å². The summed E-state index contributed by atoms with van der Waals surface area (Å²) in [4.78, 5) is 10.5. The van der Waals surface area contributed by atoms with E-state index in [4.69, 9.17) is 0 Å². The molecule has 18 heavy (non-hydrogen) atoms. The molecule has 2 saturated carbocycles. The van der Waals surface area contributed by atoms with Gasteiger partial charge in [0.1, 0.15) is 6.29 Å². The molecule has 2 heteroatoms. The van der Waals surface area contributed by atoms with Crippen LogP contribution in [0.4, 0.5) is 0 Å². The van der Waals surface area contributed by atoms with Crippen molar-refractivity contribution in [3.05, 3.63) is 0 Å². The van der Waals surface area contributed by atoms with E-state index in [1.807, 2.05) is 0 Å². The highest BCUT2D eigenvalue weighted by Crippen LogP contribution is 2.55. The van der Waals surface area contributed by atoms with Crippen LogP contribution >= 0.6 is 7.92 Å². The van der Waals surface area contributed by atoms with Gasteiger partial charge in [-0.25, -0.2) is 0 Å². The smallest absolute Gasteiger partial charge is 0.120 e. The molecule has 0 radical (unpaired) electrons. The van der Waals surface area contributed by atoms with Crippen LogP contribution in [-0.2, 0) is 4.79 Å². The summed E-state index contributed by atoms with van der Waals surface area (Å²) in [5.41, 5.74) is 2.12. The lowest BCUT2D eigenvalue weighted by atomic mass is 9.99. The molecule has 0 aromatic rings. The molecule has 0 unspecified atom stereocenters. The van der Waals surface area contributed by atoms with Gasteiger partial charge in [0, 0.05) is 6.42 Å². The Morgan fingerprint density at radius 1 is 0.833 bits per heavy atom. The molecule has 0 aromatic heterocycles. The number of hydrogen-bond acceptors (Lipinski definition) is 1. The minimum absolute atomic E-state index is 0.233. The normalized spacial score (nSPS) is 23.4. The molecular formula is C16H29OP. The Kier molecular flexibility index (Phi) is 6.70. The molecule has 0 atom stereocenters. The Morgan fingerprint density at radius 2 is 1.33 bits per heavy atom. The van der Waals surface area contributed by atoms with Gasteiger partial charge in [-0.05, 0) is 49.6 Å². The lowest BCUT2D eigenvalue weighted by Gasteiger charge is -2.38. The molecule has 0 amide bonds. The Labute approximate surface area is 114 Å². The van der Waals surface area contributed by atoms with Crippen molar-refractivity contribution in [3.63, 3.8) is 0 Å². The molecule has 2 aliphatic carbocycles. The molecule has 0 N–H and O–H groups in total. The predicted octanol–water partition coefficient (Wildman–Crippen LogP) is 5.11. The van der Waals surface area contributed by atoms with E-state index in [9.17, 15) is 4.79 Å². The van der Waals surface area contributed by atoms with Crippen molar-refractivity contribution >= 4 is 14.2 Å². The van der Waals surface area contributed by atoms with Crippen molar-refractivity contribution in [2.24, 2.45) is 0 Å². The first-order valence-corrected chi connectivity index (χ1v) is 9.77. The van der Waals surface area contributed by atoms with Crippen LogP contribution in [0, 0.1) is 0 Å². The fourth-order valence-electron chi connectivity index (χ4n) is 3.85. The maximum absolute atomic E-state index is 10.5. The van der Waals surface area contributed by atoms with Gasteiger partial charge in [-0.2, -0.15) is 0 Å². The summed E-state index contributed by atoms with van der Waals surface area (Å²) in [6.45, 7) is 0. The van der Waals surface area contributed by atoms with Crippen molar-refractivity contribution in [1.82, 2.24) is 0 Å². The number of unbranched alkanes of at least 4 members (excludes halogenated alkanes) is 1. The van der Waals surface area contributed by atoms with Crippen molar-refractivity contribution in [2.45, 2.75) is 88.4 Å². The molecule has 1 nitrogen and oxygen atoms in total. The SMILES string of the molecule is O=CCCCP(C1CCCCC1)C1CCCCC1. The third-order valence-corrected chi connectivity index (χ3v) is 8.57. The zero-order chi connectivity index (χ0) is 12.6. The van der Waals surface area contributed by atoms with Crippen LogP contribution in [-0.4, -0.2) is 23.8 Å². The summed E-state index contributed by atoms with van der Waals surface area (Å²) in [7, 11) is 0.233. The zero-order valence-electron chi connectivity index (χ0n) is 11.8. The number of carbonyl (C=O) groups excluding carboxylic acids is 1. The van der Waals surface area contributed by atoms with E-state index in [0.29, 0.717) is 0 Å². The molecule has 0 aromatic carbocycles. The highest BCUT2D eigenvalue weighted by atomic mass is 31.1. The second-order valence-corrected chi connectivity index (χ2v) is 9.07. The average molecular weight is 268 g/mol. The first-order valence-electron chi connectivity index (χ1n) is 8.11. The monoisotopic (exact) mass is 268 g/mol. The highest BCUT2D eigenvalue weighted by Gasteiger charge is 2.30. The van der Waals surface area contributed by atoms with Crippen LogP contribution in [0.3, 0.4) is 0 Å². The third-order valence-electron chi connectivity index (χ3n) is 4.83. The second kappa shape index (κ2) is 8.31. The first kappa shape index (κ1) is 14.5. The molecular weight excluding hydrogens is 239 g/mol. The molecule has 0 spiro atoms. The number of hydrogen-bond donors (Lipinski definition) is 0. The van der Waals surface area contributed by atoms with E-state index in [1.165, 1.54) is 76.8 Å². The molecule has 104 valence electrons. The zero-order valence-corrected chi connectivity index (χ0v) is 12.7. The molecule has 2 aliphatic rings. The topological polar surface area (TPSA) is 17.1 Å². The van der Waals surface area contributed by atoms with Gasteiger partial charge in [-0.15, -0.1) is 7.92 Å². The van der Waals surface area contributed by atoms with Crippen LogP contribution in [0.15, 0.2) is 0 Å². The van der Waals surface area contributed by atoms with Crippen molar-refractivity contribution in [2.75, 3.05) is 6.16 Å². The minimum Gasteiger partial charge on any atom is -0.303 e. The number of aldehydes is 1. The molecule has 0 bridgehead atoms. The Morgan fingerprint density at radius 3 is 1.78 bits per heavy atom. The van der Waals surface area contributed by atoms with Crippen LogP contribution in [0.5, 0.6) is 0 Å². The molecule has 0 heterocycles. The lowest BCUT2D eigenvalue weighted by molar-refractivity contribution is -0.107. The molecule has 0 aliphatic heterocycles. The summed E-state index contributed by atoms with van der Waals surface area (Å²) in [6, 6.07) is 0. The largest absolute Gasteiger partial charge is 0.303 e. The fourth-order valence-corrected chi connectivity index (χ4v) is 7.78. The van der Waals surface area contributed by atoms with Gasteiger partial charge in [0.25, 0.3) is 0 Å². The Bertz CT molecular complexity index is 211. The van der Waals surface area contributed by atoms with E-state index < -0.39 is 0 Å². The summed E-state index contributed by atoms with van der Waals surface area (Å²) >= 11 is 0. The van der Waals surface area contributed by atoms with Gasteiger partial charge >= 0.3 is 0 Å². The first-order chi connectivity index (χ1) is 8.92. The maximum Gasteiger partial charge on any atom is 0.120 e. The van der Waals surface area contributed by atoms with E-state index >= 15 is 0 Å². The van der Waals surface area contributed by atoms with Crippen LogP contribution in [0.25, 0.3) is 0 Å². The van der Waals surface area contributed by atoms with E-state index in [1.54, 1.807) is 0 Å². The fraction of sp³-hybridized carbons (Fsp3) is 0.938. The molecule has 2 fully saturated rings. The number of rotatable bonds is 6. The van der Waals surface area contributed by atoms with E-state index in [-0.39, 0.29) is 7.92 Å². The van der Waals surface area contributed by atoms with Gasteiger partial charge in [0.15, 0.2) is 0 Å². The number of carbonyl (C=O) groups is 1. The second-order valence-electron chi connectivity index (χ2n) is 6.13. The minimum atomic E-state index is 0.233. The van der Waals surface area contributed by atoms with Crippen molar-refractivity contribution in [3.8, 4) is 0 Å². The quantitative estimate of drug-likeness (QED) is 0.371. The summed E-state index contributed by atoms with van der Waals surface area (Å²) in [5, 5.41) is 0. The van der Waals surface area contributed by atoms with Crippen LogP contribution < -0.4 is 0 Å². The Balaban J connectivity index is 1.89. The standard InChI is InChI=1S/C16H29OP/c17-13-7-8-14-18(15-9-3-1-4-10-15)16-11-5-2-6-12-16/h13,15-16H,1-12,14H2. The Hall–Kier alpha value is 0.100. The van der Waals surface area contributed by atoms with Gasteiger partial charge in [-0.1, -0.05) is 38.5 Å². The van der Waals surface area contributed by atoms with Crippen molar-refractivity contribution < 1.29 is 4.79 Å². The van der Waals surface area contributed by atoms with Crippen molar-refractivity contribution in [1.29, 1.82) is 0 Å².